The number of benzene rings is 6. The van der Waals surface area contributed by atoms with Crippen molar-refractivity contribution >= 4 is 39.7 Å². The number of nitrogens with zero attached hydrogens (tertiary/aromatic N) is 3. The van der Waals surface area contributed by atoms with Crippen molar-refractivity contribution in [1.82, 2.24) is 20.0 Å². The quantitative estimate of drug-likeness (QED) is 0.0700. The maximum atomic E-state index is 14.0. The van der Waals surface area contributed by atoms with Gasteiger partial charge in [-0.15, -0.1) is 0 Å². The van der Waals surface area contributed by atoms with Gasteiger partial charge in [-0.1, -0.05) is 137 Å². The van der Waals surface area contributed by atoms with Gasteiger partial charge in [-0.25, -0.2) is 18.4 Å². The molecule has 2 aliphatic rings. The zero-order valence-electron chi connectivity index (χ0n) is 41.5. The molecule has 0 spiro atoms. The third-order valence-corrected chi connectivity index (χ3v) is 13.2. The molecule has 0 aliphatic carbocycles. The van der Waals surface area contributed by atoms with Crippen LogP contribution in [-0.4, -0.2) is 129 Å². The minimum Gasteiger partial charge on any atom is -0.493 e. The fourth-order valence-electron chi connectivity index (χ4n) is 8.96. The molecule has 73 heavy (non-hydrogen) atoms. The lowest BCUT2D eigenvalue weighted by Gasteiger charge is -2.28. The number of esters is 2. The Labute approximate surface area is 435 Å². The third kappa shape index (κ3) is 15.5. The molecule has 12 nitrogen and oxygen atoms in total. The number of nitrogens with one attached hydrogen (secondary N) is 1. The van der Waals surface area contributed by atoms with Gasteiger partial charge in [-0.3, -0.25) is 14.5 Å². The van der Waals surface area contributed by atoms with E-state index in [0.717, 1.165) is 27.6 Å². The molecule has 0 unspecified atom stereocenters. The van der Waals surface area contributed by atoms with Gasteiger partial charge in [0.15, 0.2) is 0 Å². The molecule has 1 N–H and O–H groups in total. The third-order valence-electron chi connectivity index (χ3n) is 12.8. The van der Waals surface area contributed by atoms with Crippen LogP contribution in [0.3, 0.4) is 0 Å². The summed E-state index contributed by atoms with van der Waals surface area (Å²) in [6.45, 7) is 2.48. The Morgan fingerprint density at radius 2 is 0.945 bits per heavy atom. The topological polar surface area (TPSA) is 127 Å². The predicted octanol–water partition coefficient (Wildman–Crippen LogP) is 8.89. The van der Waals surface area contributed by atoms with E-state index in [0.29, 0.717) is 57.2 Å². The molecule has 4 atom stereocenters. The highest BCUT2D eigenvalue weighted by Gasteiger charge is 2.45. The molecule has 15 heteroatoms. The summed E-state index contributed by atoms with van der Waals surface area (Å²) in [5.74, 6) is -1.20. The van der Waals surface area contributed by atoms with E-state index in [2.05, 4.69) is 26.1 Å². The molecule has 2 heterocycles. The lowest BCUT2D eigenvalue weighted by atomic mass is 9.90. The molecule has 0 bridgehead atoms. The number of alkyl halides is 1. The van der Waals surface area contributed by atoms with Gasteiger partial charge in [0.25, 0.3) is 0 Å². The zero-order chi connectivity index (χ0) is 52.1. The van der Waals surface area contributed by atoms with Gasteiger partial charge in [0.2, 0.25) is 11.8 Å². The molecule has 6 aromatic rings. The van der Waals surface area contributed by atoms with E-state index >= 15 is 0 Å². The smallest absolute Gasteiger partial charge is 0.328 e. The molecule has 0 radical (unpaired) electrons. The summed E-state index contributed by atoms with van der Waals surface area (Å²) in [5.41, 5.74) is 3.59. The number of likely N-dealkylation sites (tertiary alicyclic amines) is 2. The average molecular weight is 1060 g/mol. The number of likely N-dealkylation sites (N-methyl/N-ethyl adjacent to an activating group) is 2. The minimum atomic E-state index is -0.664. The summed E-state index contributed by atoms with van der Waals surface area (Å²) in [6.07, 6.45) is 1.03. The van der Waals surface area contributed by atoms with Crippen LogP contribution < -0.4 is 14.8 Å². The summed E-state index contributed by atoms with van der Waals surface area (Å²) in [7, 11) is 6.51. The van der Waals surface area contributed by atoms with Gasteiger partial charge in [0.1, 0.15) is 41.8 Å². The maximum absolute atomic E-state index is 14.0. The molecule has 6 aromatic carbocycles. The number of hydrogen-bond acceptors (Lipinski definition) is 10. The monoisotopic (exact) mass is 1060 g/mol. The van der Waals surface area contributed by atoms with Gasteiger partial charge < -0.3 is 34.1 Å². The second-order valence-electron chi connectivity index (χ2n) is 17.5. The van der Waals surface area contributed by atoms with Crippen molar-refractivity contribution in [3.05, 3.63) is 204 Å². The summed E-state index contributed by atoms with van der Waals surface area (Å²) < 4.78 is 46.4. The Morgan fingerprint density at radius 1 is 0.575 bits per heavy atom. The van der Waals surface area contributed by atoms with Crippen molar-refractivity contribution in [2.24, 2.45) is 0 Å². The second kappa shape index (κ2) is 28.3. The van der Waals surface area contributed by atoms with Crippen molar-refractivity contribution in [3.8, 4) is 11.5 Å². The first kappa shape index (κ1) is 55.4. The van der Waals surface area contributed by atoms with E-state index in [4.69, 9.17) is 18.9 Å². The van der Waals surface area contributed by atoms with Gasteiger partial charge >= 0.3 is 11.9 Å². The maximum Gasteiger partial charge on any atom is 0.328 e. The van der Waals surface area contributed by atoms with E-state index in [1.807, 2.05) is 135 Å². The predicted molar refractivity (Wildman–Crippen MR) is 281 cm³/mol. The van der Waals surface area contributed by atoms with Gasteiger partial charge in [0.05, 0.1) is 32.7 Å². The van der Waals surface area contributed by atoms with Crippen LogP contribution in [0.5, 0.6) is 11.5 Å². The number of methoxy groups -OCH3 is 2. The standard InChI is InChI=1S/C29H31FN2O4.C21H24N2O3.C8H8BrFO/c1-31(17-18-36-25-15-13-23(30)14-16-25)24-19-26(29(34)35-2)32(20-24)28(33)27(21-9-5-3-6-10-21)22-11-7-4-8-12-22;1-22-17-13-18(21(25)26-2)23(14-17)20(24)19(15-9-5-3-6-10-15)16-11-7-4-8-12-16;9-5-6-11-8-3-1-7(10)2-4-8/h3-16,24,26-27H,17-20H2,1-2H3;3-12,17-19,22H,13-14H2,1-2H3;1-4H,5-6H2/t24-,26-;17-,18-;/m00./s1. The Hall–Kier alpha value is -6.94. The molecule has 2 aliphatic heterocycles. The summed E-state index contributed by atoms with van der Waals surface area (Å²) in [6, 6.07) is 49.3. The Balaban J connectivity index is 0.000000204. The highest BCUT2D eigenvalue weighted by Crippen LogP contribution is 2.33. The summed E-state index contributed by atoms with van der Waals surface area (Å²) in [4.78, 5) is 57.9. The zero-order valence-corrected chi connectivity index (χ0v) is 43.1. The molecule has 8 rings (SSSR count). The number of rotatable bonds is 17. The molecular weight excluding hydrogens is 999 g/mol. The van der Waals surface area contributed by atoms with Crippen LogP contribution in [0, 0.1) is 11.6 Å². The highest BCUT2D eigenvalue weighted by atomic mass is 79.9. The number of halogens is 3. The number of ether oxygens (including phenoxy) is 4. The number of hydrogen-bond donors (Lipinski definition) is 1. The molecule has 2 fully saturated rings. The van der Waals surface area contributed by atoms with Crippen LogP contribution in [0.25, 0.3) is 0 Å². The van der Waals surface area contributed by atoms with E-state index in [-0.39, 0.29) is 41.5 Å². The Kier molecular flexibility index (Phi) is 21.5. The first-order valence-corrected chi connectivity index (χ1v) is 25.2. The van der Waals surface area contributed by atoms with E-state index < -0.39 is 29.9 Å². The first-order chi connectivity index (χ1) is 35.5. The lowest BCUT2D eigenvalue weighted by Crippen LogP contribution is -2.44. The molecule has 2 saturated heterocycles. The summed E-state index contributed by atoms with van der Waals surface area (Å²) in [5, 5.41) is 3.96. The molecule has 384 valence electrons. The van der Waals surface area contributed by atoms with E-state index in [9.17, 15) is 28.0 Å². The van der Waals surface area contributed by atoms with Crippen molar-refractivity contribution in [1.29, 1.82) is 0 Å². The highest BCUT2D eigenvalue weighted by molar-refractivity contribution is 9.09. The normalized spacial score (nSPS) is 17.0. The Bertz CT molecular complexity index is 2540. The minimum absolute atomic E-state index is 0.0398. The van der Waals surface area contributed by atoms with E-state index in [1.165, 1.54) is 38.5 Å². The van der Waals surface area contributed by atoms with Gasteiger partial charge in [-0.05, 0) is 97.7 Å². The fraction of sp³-hybridized carbons (Fsp3) is 0.310. The van der Waals surface area contributed by atoms with Gasteiger partial charge in [-0.2, -0.15) is 0 Å². The van der Waals surface area contributed by atoms with Crippen molar-refractivity contribution in [3.63, 3.8) is 0 Å². The largest absolute Gasteiger partial charge is 0.493 e. The summed E-state index contributed by atoms with van der Waals surface area (Å²) >= 11 is 3.22. The van der Waals surface area contributed by atoms with Crippen molar-refractivity contribution in [2.75, 3.05) is 66.5 Å². The van der Waals surface area contributed by atoms with Crippen molar-refractivity contribution in [2.45, 2.75) is 48.8 Å². The first-order valence-electron chi connectivity index (χ1n) is 24.1. The Morgan fingerprint density at radius 3 is 1.32 bits per heavy atom. The van der Waals surface area contributed by atoms with Gasteiger partial charge in [0, 0.05) is 37.0 Å². The fourth-order valence-corrected chi connectivity index (χ4v) is 9.12. The number of carbonyl (C=O) groups is 4. The molecule has 2 amide bonds. The van der Waals surface area contributed by atoms with Crippen LogP contribution in [-0.2, 0) is 28.7 Å². The number of amides is 2. The second-order valence-corrected chi connectivity index (χ2v) is 18.2. The van der Waals surface area contributed by atoms with Crippen molar-refractivity contribution < 1.29 is 46.9 Å². The van der Waals surface area contributed by atoms with Crippen LogP contribution in [0.4, 0.5) is 8.78 Å². The SMILES string of the molecule is CN[C@H]1C[C@@H](C(=O)OC)N(C(=O)C(c2ccccc2)c2ccccc2)C1.COC(=O)[C@@H]1C[C@H](N(C)CCOc2ccc(F)cc2)CN1C(=O)C(c1ccccc1)c1ccccc1.Fc1ccc(OCCBr)cc1. The van der Waals surface area contributed by atoms with Crippen LogP contribution in [0.15, 0.2) is 170 Å². The number of carbonyl (C=O) groups excluding carboxylic acids is 4. The molecular formula is C58H63BrF2N4O8. The average Bonchev–Trinajstić information content (AvgIpc) is 4.09. The van der Waals surface area contributed by atoms with Crippen LogP contribution in [0.2, 0.25) is 0 Å². The molecule has 0 saturated carbocycles. The van der Waals surface area contributed by atoms with Crippen LogP contribution >= 0.6 is 15.9 Å². The van der Waals surface area contributed by atoms with E-state index in [1.54, 1.807) is 34.1 Å². The lowest BCUT2D eigenvalue weighted by molar-refractivity contribution is -0.151. The van der Waals surface area contributed by atoms with Crippen LogP contribution in [0.1, 0.15) is 46.9 Å². The molecule has 0 aromatic heterocycles.